The van der Waals surface area contributed by atoms with Gasteiger partial charge in [0.25, 0.3) is 0 Å². The third-order valence-electron chi connectivity index (χ3n) is 3.96. The number of benzene rings is 1. The van der Waals surface area contributed by atoms with Crippen molar-refractivity contribution in [3.05, 3.63) is 35.9 Å². The smallest absolute Gasteiger partial charge is 0.224 e. The van der Waals surface area contributed by atoms with Crippen LogP contribution in [0.25, 0.3) is 0 Å². The normalized spacial score (nSPS) is 21.0. The van der Waals surface area contributed by atoms with E-state index in [1.807, 2.05) is 23.1 Å². The first-order valence-corrected chi connectivity index (χ1v) is 7.41. The predicted molar refractivity (Wildman–Crippen MR) is 79.2 cm³/mol. The van der Waals surface area contributed by atoms with Crippen LogP contribution in [0.2, 0.25) is 0 Å². The Morgan fingerprint density at radius 2 is 2.05 bits per heavy atom. The zero-order chi connectivity index (χ0) is 14.4. The first-order valence-electron chi connectivity index (χ1n) is 7.41. The van der Waals surface area contributed by atoms with Gasteiger partial charge in [-0.15, -0.1) is 0 Å². The van der Waals surface area contributed by atoms with Crippen LogP contribution in [0.15, 0.2) is 30.3 Å². The molecule has 0 aliphatic carbocycles. The highest BCUT2D eigenvalue weighted by Gasteiger charge is 2.28. The van der Waals surface area contributed by atoms with Gasteiger partial charge >= 0.3 is 0 Å². The molecule has 1 saturated heterocycles. The fourth-order valence-corrected chi connectivity index (χ4v) is 2.78. The molecule has 20 heavy (non-hydrogen) atoms. The largest absolute Gasteiger partial charge is 0.395 e. The van der Waals surface area contributed by atoms with Crippen molar-refractivity contribution in [1.82, 2.24) is 9.80 Å². The van der Waals surface area contributed by atoms with E-state index in [0.29, 0.717) is 19.5 Å². The van der Waals surface area contributed by atoms with Crippen molar-refractivity contribution in [3.8, 4) is 0 Å². The van der Waals surface area contributed by atoms with Crippen LogP contribution in [0, 0.1) is 0 Å². The molecule has 1 heterocycles. The molecule has 0 spiro atoms. The zero-order valence-electron chi connectivity index (χ0n) is 12.2. The SMILES string of the molecule is CC[C@H]1CN(CCO)CCC(=O)N1Cc1ccccc1. The molecule has 1 fully saturated rings. The Bertz CT molecular complexity index is 422. The number of aliphatic hydroxyl groups is 1. The Morgan fingerprint density at radius 1 is 1.30 bits per heavy atom. The molecule has 0 bridgehead atoms. The summed E-state index contributed by atoms with van der Waals surface area (Å²) in [5.74, 6) is 0.223. The van der Waals surface area contributed by atoms with Crippen LogP contribution in [0.3, 0.4) is 0 Å². The van der Waals surface area contributed by atoms with E-state index >= 15 is 0 Å². The monoisotopic (exact) mass is 276 g/mol. The Labute approximate surface area is 121 Å². The summed E-state index contributed by atoms with van der Waals surface area (Å²) in [6.45, 7) is 5.23. The molecular formula is C16H24N2O2. The van der Waals surface area contributed by atoms with Gasteiger partial charge in [-0.3, -0.25) is 9.69 Å². The zero-order valence-corrected chi connectivity index (χ0v) is 12.2. The van der Waals surface area contributed by atoms with Crippen LogP contribution in [0.5, 0.6) is 0 Å². The van der Waals surface area contributed by atoms with E-state index in [1.165, 1.54) is 5.56 Å². The number of hydrogen-bond acceptors (Lipinski definition) is 3. The third kappa shape index (κ3) is 3.81. The van der Waals surface area contributed by atoms with E-state index in [1.54, 1.807) is 0 Å². The summed E-state index contributed by atoms with van der Waals surface area (Å²) < 4.78 is 0. The second-order valence-corrected chi connectivity index (χ2v) is 5.34. The number of carbonyl (C=O) groups excluding carboxylic acids is 1. The number of amides is 1. The van der Waals surface area contributed by atoms with Crippen LogP contribution in [-0.2, 0) is 11.3 Å². The maximum Gasteiger partial charge on any atom is 0.224 e. The van der Waals surface area contributed by atoms with Crippen LogP contribution in [0.1, 0.15) is 25.3 Å². The van der Waals surface area contributed by atoms with Crippen molar-refractivity contribution in [2.45, 2.75) is 32.4 Å². The second kappa shape index (κ2) is 7.41. The van der Waals surface area contributed by atoms with Gasteiger partial charge in [-0.2, -0.15) is 0 Å². The first-order chi connectivity index (χ1) is 9.74. The molecule has 4 heteroatoms. The molecule has 0 aromatic heterocycles. The average molecular weight is 276 g/mol. The summed E-state index contributed by atoms with van der Waals surface area (Å²) in [7, 11) is 0. The molecule has 4 nitrogen and oxygen atoms in total. The molecule has 0 saturated carbocycles. The number of nitrogens with zero attached hydrogens (tertiary/aromatic N) is 2. The van der Waals surface area contributed by atoms with Crippen LogP contribution in [-0.4, -0.2) is 53.1 Å². The van der Waals surface area contributed by atoms with Gasteiger partial charge in [0, 0.05) is 38.6 Å². The molecule has 1 aromatic carbocycles. The quantitative estimate of drug-likeness (QED) is 0.886. The average Bonchev–Trinajstić information content (AvgIpc) is 2.62. The molecule has 1 N–H and O–H groups in total. The molecule has 0 unspecified atom stereocenters. The number of aliphatic hydroxyl groups excluding tert-OH is 1. The molecule has 110 valence electrons. The molecule has 1 atom stereocenters. The molecule has 1 aromatic rings. The Balaban J connectivity index is 2.10. The van der Waals surface area contributed by atoms with E-state index in [2.05, 4.69) is 24.0 Å². The van der Waals surface area contributed by atoms with E-state index in [4.69, 9.17) is 5.11 Å². The van der Waals surface area contributed by atoms with Crippen molar-refractivity contribution in [2.24, 2.45) is 0 Å². The van der Waals surface area contributed by atoms with E-state index in [0.717, 1.165) is 19.5 Å². The number of hydrogen-bond donors (Lipinski definition) is 1. The topological polar surface area (TPSA) is 43.8 Å². The lowest BCUT2D eigenvalue weighted by atomic mass is 10.1. The van der Waals surface area contributed by atoms with Crippen molar-refractivity contribution in [1.29, 1.82) is 0 Å². The minimum Gasteiger partial charge on any atom is -0.395 e. The van der Waals surface area contributed by atoms with Gasteiger partial charge in [0.1, 0.15) is 0 Å². The molecule has 2 rings (SSSR count). The Hall–Kier alpha value is -1.39. The third-order valence-corrected chi connectivity index (χ3v) is 3.96. The van der Waals surface area contributed by atoms with Gasteiger partial charge in [-0.25, -0.2) is 0 Å². The van der Waals surface area contributed by atoms with Gasteiger partial charge in [-0.05, 0) is 12.0 Å². The fraction of sp³-hybridized carbons (Fsp3) is 0.562. The van der Waals surface area contributed by atoms with Crippen molar-refractivity contribution >= 4 is 5.91 Å². The molecular weight excluding hydrogens is 252 g/mol. The van der Waals surface area contributed by atoms with Crippen LogP contribution >= 0.6 is 0 Å². The van der Waals surface area contributed by atoms with Crippen molar-refractivity contribution in [3.63, 3.8) is 0 Å². The van der Waals surface area contributed by atoms with Gasteiger partial charge in [-0.1, -0.05) is 37.3 Å². The summed E-state index contributed by atoms with van der Waals surface area (Å²) >= 11 is 0. The molecule has 0 radical (unpaired) electrons. The highest BCUT2D eigenvalue weighted by Crippen LogP contribution is 2.17. The lowest BCUT2D eigenvalue weighted by Gasteiger charge is -2.31. The van der Waals surface area contributed by atoms with Gasteiger partial charge in [0.15, 0.2) is 0 Å². The summed E-state index contributed by atoms with van der Waals surface area (Å²) in [6, 6.07) is 10.4. The second-order valence-electron chi connectivity index (χ2n) is 5.34. The maximum atomic E-state index is 12.4. The number of rotatable bonds is 5. The lowest BCUT2D eigenvalue weighted by molar-refractivity contribution is -0.133. The Morgan fingerprint density at radius 3 is 2.70 bits per heavy atom. The summed E-state index contributed by atoms with van der Waals surface area (Å²) in [5.41, 5.74) is 1.18. The van der Waals surface area contributed by atoms with Gasteiger partial charge in [0.05, 0.1) is 6.61 Å². The first kappa shape index (κ1) is 15.0. The van der Waals surface area contributed by atoms with Crippen LogP contribution < -0.4 is 0 Å². The maximum absolute atomic E-state index is 12.4. The summed E-state index contributed by atoms with van der Waals surface area (Å²) in [6.07, 6.45) is 1.49. The number of β-amino-alcohol motifs (C(OH)–C–C–N with tert-alkyl or cyclic N) is 1. The minimum absolute atomic E-state index is 0.156. The highest BCUT2D eigenvalue weighted by atomic mass is 16.3. The van der Waals surface area contributed by atoms with E-state index < -0.39 is 0 Å². The van der Waals surface area contributed by atoms with E-state index in [-0.39, 0.29) is 18.6 Å². The number of carbonyl (C=O) groups is 1. The Kier molecular flexibility index (Phi) is 5.56. The molecule has 1 aliphatic rings. The highest BCUT2D eigenvalue weighted by molar-refractivity contribution is 5.77. The molecule has 1 aliphatic heterocycles. The van der Waals surface area contributed by atoms with Crippen molar-refractivity contribution in [2.75, 3.05) is 26.2 Å². The van der Waals surface area contributed by atoms with Gasteiger partial charge < -0.3 is 10.0 Å². The molecule has 1 amide bonds. The standard InChI is InChI=1S/C16H24N2O2/c1-2-15-13-17(10-11-19)9-8-16(20)18(15)12-14-6-4-3-5-7-14/h3-7,15,19H,2,8-13H2,1H3/t15-/m0/s1. The van der Waals surface area contributed by atoms with Gasteiger partial charge in [0.2, 0.25) is 5.91 Å². The predicted octanol–water partition coefficient (Wildman–Crippen LogP) is 1.49. The minimum atomic E-state index is 0.156. The summed E-state index contributed by atoms with van der Waals surface area (Å²) in [5, 5.41) is 9.10. The summed E-state index contributed by atoms with van der Waals surface area (Å²) in [4.78, 5) is 16.6. The van der Waals surface area contributed by atoms with Crippen molar-refractivity contribution < 1.29 is 9.90 Å². The van der Waals surface area contributed by atoms with Crippen LogP contribution in [0.4, 0.5) is 0 Å². The van der Waals surface area contributed by atoms with E-state index in [9.17, 15) is 4.79 Å². The lowest BCUT2D eigenvalue weighted by Crippen LogP contribution is -2.42. The fourth-order valence-electron chi connectivity index (χ4n) is 2.78.